The fourth-order valence-corrected chi connectivity index (χ4v) is 5.68. The third-order valence-corrected chi connectivity index (χ3v) is 7.80. The van der Waals surface area contributed by atoms with Crippen LogP contribution in [-0.2, 0) is 10.2 Å². The average Bonchev–Trinajstić information content (AvgIpc) is 3.24. The van der Waals surface area contributed by atoms with Gasteiger partial charge in [-0.1, -0.05) is 45.0 Å². The van der Waals surface area contributed by atoms with Gasteiger partial charge in [0.1, 0.15) is 6.33 Å². The molecule has 1 saturated heterocycles. The van der Waals surface area contributed by atoms with E-state index in [9.17, 15) is 4.79 Å². The highest BCUT2D eigenvalue weighted by Crippen LogP contribution is 2.47. The van der Waals surface area contributed by atoms with Crippen LogP contribution < -0.4 is 5.32 Å². The van der Waals surface area contributed by atoms with Crippen molar-refractivity contribution in [3.63, 3.8) is 0 Å². The Labute approximate surface area is 188 Å². The largest absolute Gasteiger partial charge is 0.349 e. The number of carbonyl (C=O) groups excluding carboxylic acids is 1. The molecule has 2 aliphatic heterocycles. The zero-order valence-corrected chi connectivity index (χ0v) is 19.5. The zero-order valence-electron chi connectivity index (χ0n) is 18.6. The van der Waals surface area contributed by atoms with E-state index in [2.05, 4.69) is 72.7 Å². The Balaban J connectivity index is 1.68. The molecule has 3 atom stereocenters. The Kier molecular flexibility index (Phi) is 5.41. The minimum atomic E-state index is -0.609. The Bertz CT molecular complexity index is 1030. The first-order valence-corrected chi connectivity index (χ1v) is 11.4. The molecular weight excluding hydrogens is 406 g/mol. The third-order valence-electron chi connectivity index (χ3n) is 6.39. The molecule has 1 unspecified atom stereocenters. The second-order valence-electron chi connectivity index (χ2n) is 9.56. The molecule has 6 nitrogen and oxygen atoms in total. The van der Waals surface area contributed by atoms with Gasteiger partial charge in [-0.05, 0) is 40.9 Å². The van der Waals surface area contributed by atoms with E-state index in [1.54, 1.807) is 18.8 Å². The van der Waals surface area contributed by atoms with E-state index >= 15 is 0 Å². The molecule has 0 bridgehead atoms. The molecule has 2 aliphatic rings. The van der Waals surface area contributed by atoms with Gasteiger partial charge in [0.15, 0.2) is 5.96 Å². The van der Waals surface area contributed by atoms with Crippen molar-refractivity contribution in [2.24, 2.45) is 0 Å². The number of rotatable bonds is 3. The fourth-order valence-electron chi connectivity index (χ4n) is 4.37. The van der Waals surface area contributed by atoms with Gasteiger partial charge in [-0.3, -0.25) is 15.1 Å². The summed E-state index contributed by atoms with van der Waals surface area (Å²) in [6.07, 6.45) is 5.95. The van der Waals surface area contributed by atoms with Gasteiger partial charge in [-0.25, -0.2) is 9.97 Å². The van der Waals surface area contributed by atoms with Crippen LogP contribution in [0.1, 0.15) is 56.7 Å². The number of likely N-dealkylation sites (N-methyl/N-ethyl adjacent to an activating group) is 1. The van der Waals surface area contributed by atoms with E-state index in [1.807, 2.05) is 12.4 Å². The molecule has 31 heavy (non-hydrogen) atoms. The van der Waals surface area contributed by atoms with Gasteiger partial charge in [-0.2, -0.15) is 0 Å². The number of aromatic nitrogens is 2. The van der Waals surface area contributed by atoms with E-state index in [0.717, 1.165) is 17.5 Å². The first kappa shape index (κ1) is 21.6. The standard InChI is InChI=1S/C24H29N5OS/c1-23(2,3)18-8-6-15(7-9-18)20-21(30)29(5)22(25)28-24(20,4)19-10-16(13-31-19)17-11-26-14-27-12-17/h6-9,11-14,19-20H,10H2,1-5H3,(H2,25,28)/t19?,20-,24+/m0/s1. The van der Waals surface area contributed by atoms with Gasteiger partial charge >= 0.3 is 0 Å². The van der Waals surface area contributed by atoms with Crippen molar-refractivity contribution in [2.45, 2.75) is 56.2 Å². The van der Waals surface area contributed by atoms with Gasteiger partial charge in [0.05, 0.1) is 11.5 Å². The van der Waals surface area contributed by atoms with Crippen molar-refractivity contribution in [2.75, 3.05) is 7.05 Å². The molecule has 1 fully saturated rings. The number of guanidine groups is 1. The van der Waals surface area contributed by atoms with Gasteiger partial charge in [0, 0.05) is 30.3 Å². The van der Waals surface area contributed by atoms with Crippen LogP contribution in [0, 0.1) is 5.41 Å². The van der Waals surface area contributed by atoms with Crippen molar-refractivity contribution in [3.8, 4) is 0 Å². The maximum atomic E-state index is 13.4. The molecule has 4 rings (SSSR count). The van der Waals surface area contributed by atoms with Crippen LogP contribution in [0.25, 0.3) is 5.57 Å². The first-order chi connectivity index (χ1) is 14.6. The molecule has 2 aromatic rings. The molecule has 0 spiro atoms. The molecule has 7 heteroatoms. The van der Waals surface area contributed by atoms with Crippen molar-refractivity contribution >= 4 is 29.2 Å². The molecule has 1 aromatic carbocycles. The summed E-state index contributed by atoms with van der Waals surface area (Å²) in [6, 6.07) is 8.39. The highest BCUT2D eigenvalue weighted by molar-refractivity contribution is 8.03. The first-order valence-electron chi connectivity index (χ1n) is 10.5. The Hall–Kier alpha value is -2.67. The van der Waals surface area contributed by atoms with Crippen LogP contribution in [0.4, 0.5) is 0 Å². The van der Waals surface area contributed by atoms with Gasteiger partial charge in [-0.15, -0.1) is 11.8 Å². The third kappa shape index (κ3) is 3.87. The van der Waals surface area contributed by atoms with Gasteiger partial charge in [0.2, 0.25) is 5.91 Å². The van der Waals surface area contributed by atoms with Crippen LogP contribution in [-0.4, -0.2) is 44.6 Å². The maximum Gasteiger partial charge on any atom is 0.238 e. The molecule has 2 N–H and O–H groups in total. The molecule has 1 amide bonds. The van der Waals surface area contributed by atoms with Crippen molar-refractivity contribution in [1.29, 1.82) is 5.41 Å². The Morgan fingerprint density at radius 1 is 1.19 bits per heavy atom. The topological polar surface area (TPSA) is 82.0 Å². The summed E-state index contributed by atoms with van der Waals surface area (Å²) < 4.78 is 0. The monoisotopic (exact) mass is 435 g/mol. The van der Waals surface area contributed by atoms with E-state index in [0.29, 0.717) is 0 Å². The van der Waals surface area contributed by atoms with Crippen LogP contribution in [0.15, 0.2) is 48.4 Å². The number of nitrogens with zero attached hydrogens (tertiary/aromatic N) is 3. The summed E-state index contributed by atoms with van der Waals surface area (Å²) in [5, 5.41) is 14.0. The number of hydrogen-bond donors (Lipinski definition) is 2. The molecular formula is C24H29N5OS. The number of benzene rings is 1. The van der Waals surface area contributed by atoms with Crippen LogP contribution >= 0.6 is 11.8 Å². The van der Waals surface area contributed by atoms with Crippen molar-refractivity contribution in [3.05, 3.63) is 65.1 Å². The second-order valence-corrected chi connectivity index (χ2v) is 10.6. The van der Waals surface area contributed by atoms with E-state index < -0.39 is 11.5 Å². The number of allylic oxidation sites excluding steroid dienone is 1. The smallest absolute Gasteiger partial charge is 0.238 e. The molecule has 0 radical (unpaired) electrons. The lowest BCUT2D eigenvalue weighted by molar-refractivity contribution is -0.131. The number of carbonyl (C=O) groups is 1. The highest BCUT2D eigenvalue weighted by atomic mass is 32.2. The van der Waals surface area contributed by atoms with Crippen molar-refractivity contribution < 1.29 is 4.79 Å². The summed E-state index contributed by atoms with van der Waals surface area (Å²) in [7, 11) is 1.67. The fraction of sp³-hybridized carbons (Fsp3) is 0.417. The Morgan fingerprint density at radius 2 is 1.84 bits per heavy atom. The van der Waals surface area contributed by atoms with E-state index in [1.165, 1.54) is 22.4 Å². The van der Waals surface area contributed by atoms with Crippen molar-refractivity contribution in [1.82, 2.24) is 20.2 Å². The maximum absolute atomic E-state index is 13.4. The lowest BCUT2D eigenvalue weighted by atomic mass is 9.73. The number of nitrogens with one attached hydrogen (secondary N) is 2. The van der Waals surface area contributed by atoms with Crippen LogP contribution in [0.5, 0.6) is 0 Å². The minimum Gasteiger partial charge on any atom is -0.349 e. The quantitative estimate of drug-likeness (QED) is 0.757. The molecule has 0 aliphatic carbocycles. The summed E-state index contributed by atoms with van der Waals surface area (Å²) in [6.45, 7) is 8.63. The van der Waals surface area contributed by atoms with E-state index in [4.69, 9.17) is 5.41 Å². The number of hydrogen-bond acceptors (Lipinski definition) is 5. The average molecular weight is 436 g/mol. The van der Waals surface area contributed by atoms with Gasteiger partial charge in [0.25, 0.3) is 0 Å². The zero-order chi connectivity index (χ0) is 22.4. The normalized spacial score (nSPS) is 26.6. The minimum absolute atomic E-state index is 0.0491. The number of thioether (sulfide) groups is 1. The summed E-state index contributed by atoms with van der Waals surface area (Å²) >= 11 is 1.71. The summed E-state index contributed by atoms with van der Waals surface area (Å²) in [5.74, 6) is -0.295. The van der Waals surface area contributed by atoms with Gasteiger partial charge < -0.3 is 5.32 Å². The Morgan fingerprint density at radius 3 is 2.45 bits per heavy atom. The lowest BCUT2D eigenvalue weighted by Gasteiger charge is -2.48. The lowest BCUT2D eigenvalue weighted by Crippen LogP contribution is -2.67. The second kappa shape index (κ2) is 7.79. The predicted octanol–water partition coefficient (Wildman–Crippen LogP) is 4.16. The predicted molar refractivity (Wildman–Crippen MR) is 126 cm³/mol. The molecule has 3 heterocycles. The summed E-state index contributed by atoms with van der Waals surface area (Å²) in [5.41, 5.74) is 3.82. The molecule has 162 valence electrons. The van der Waals surface area contributed by atoms with Crippen LogP contribution in [0.2, 0.25) is 0 Å². The molecule has 1 aromatic heterocycles. The van der Waals surface area contributed by atoms with Crippen LogP contribution in [0.3, 0.4) is 0 Å². The SMILES string of the molecule is CN1C(=N)N[C@](C)(C2CC(c3cncnc3)=CS2)[C@@H](c2ccc(C(C)(C)C)cc2)C1=O. The van der Waals surface area contributed by atoms with E-state index in [-0.39, 0.29) is 22.5 Å². The number of amides is 1. The molecule has 0 saturated carbocycles. The highest BCUT2D eigenvalue weighted by Gasteiger charge is 2.52. The summed E-state index contributed by atoms with van der Waals surface area (Å²) in [4.78, 5) is 23.1.